The predicted molar refractivity (Wildman–Crippen MR) is 98.7 cm³/mol. The zero-order valence-electron chi connectivity index (χ0n) is 15.9. The maximum absolute atomic E-state index is 12.4. The summed E-state index contributed by atoms with van der Waals surface area (Å²) in [4.78, 5) is 35.2. The van der Waals surface area contributed by atoms with Crippen LogP contribution in [0.3, 0.4) is 0 Å². The van der Waals surface area contributed by atoms with E-state index in [4.69, 9.17) is 9.47 Å². The minimum atomic E-state index is -1.15. The van der Waals surface area contributed by atoms with E-state index in [1.165, 1.54) is 19.1 Å². The van der Waals surface area contributed by atoms with Crippen molar-refractivity contribution in [2.45, 2.75) is 57.6 Å². The lowest BCUT2D eigenvalue weighted by molar-refractivity contribution is -0.385. The fourth-order valence-electron chi connectivity index (χ4n) is 3.10. The molecule has 0 spiro atoms. The highest BCUT2D eigenvalue weighted by atomic mass is 16.6. The third kappa shape index (κ3) is 4.97. The predicted octanol–water partition coefficient (Wildman–Crippen LogP) is 2.88. The minimum absolute atomic E-state index is 0.0445. The summed E-state index contributed by atoms with van der Waals surface area (Å²) >= 11 is 0. The van der Waals surface area contributed by atoms with Crippen molar-refractivity contribution in [3.8, 4) is 11.8 Å². The van der Waals surface area contributed by atoms with Crippen LogP contribution >= 0.6 is 0 Å². The zero-order chi connectivity index (χ0) is 20.7. The number of hydrogen-bond donors (Lipinski definition) is 1. The van der Waals surface area contributed by atoms with Gasteiger partial charge in [-0.3, -0.25) is 14.9 Å². The SMILES string of the molecule is CCOc1ccc(C(=O)O[C@H](C)C(=O)NC2(C#N)CCCCC2)cc1[N+](=O)[O-]. The molecule has 1 aromatic rings. The molecule has 1 N–H and O–H groups in total. The molecule has 1 amide bonds. The molecule has 0 saturated heterocycles. The molecule has 1 saturated carbocycles. The molecule has 0 unspecified atom stereocenters. The molecule has 0 radical (unpaired) electrons. The lowest BCUT2D eigenvalue weighted by Crippen LogP contribution is -2.52. The van der Waals surface area contributed by atoms with Crippen LogP contribution in [0.2, 0.25) is 0 Å². The van der Waals surface area contributed by atoms with Crippen LogP contribution in [0, 0.1) is 21.4 Å². The van der Waals surface area contributed by atoms with Crippen molar-refractivity contribution in [1.29, 1.82) is 5.26 Å². The van der Waals surface area contributed by atoms with Crippen molar-refractivity contribution in [3.05, 3.63) is 33.9 Å². The molecule has 150 valence electrons. The Balaban J connectivity index is 2.07. The second kappa shape index (κ2) is 9.17. The van der Waals surface area contributed by atoms with Crippen LogP contribution in [-0.4, -0.2) is 35.0 Å². The molecule has 0 aliphatic heterocycles. The number of nitrogens with zero attached hydrogens (tertiary/aromatic N) is 2. The lowest BCUT2D eigenvalue weighted by Gasteiger charge is -2.32. The number of carbonyl (C=O) groups excluding carboxylic acids is 2. The largest absolute Gasteiger partial charge is 0.487 e. The minimum Gasteiger partial charge on any atom is -0.487 e. The van der Waals surface area contributed by atoms with Crippen molar-refractivity contribution in [3.63, 3.8) is 0 Å². The van der Waals surface area contributed by atoms with Crippen molar-refractivity contribution >= 4 is 17.6 Å². The number of benzene rings is 1. The van der Waals surface area contributed by atoms with Gasteiger partial charge in [0.2, 0.25) is 0 Å². The van der Waals surface area contributed by atoms with Gasteiger partial charge in [0.15, 0.2) is 11.9 Å². The first-order chi connectivity index (χ1) is 13.3. The van der Waals surface area contributed by atoms with Gasteiger partial charge >= 0.3 is 11.7 Å². The number of nitro benzene ring substituents is 1. The van der Waals surface area contributed by atoms with E-state index in [0.29, 0.717) is 12.8 Å². The summed E-state index contributed by atoms with van der Waals surface area (Å²) in [5.41, 5.74) is -1.37. The topological polar surface area (TPSA) is 132 Å². The number of carbonyl (C=O) groups is 2. The lowest BCUT2D eigenvalue weighted by atomic mass is 9.83. The fraction of sp³-hybridized carbons (Fsp3) is 0.526. The maximum atomic E-state index is 12.4. The van der Waals surface area contributed by atoms with E-state index in [0.717, 1.165) is 25.3 Å². The number of esters is 1. The number of amides is 1. The Labute approximate surface area is 162 Å². The molecule has 1 fully saturated rings. The summed E-state index contributed by atoms with van der Waals surface area (Å²) in [7, 11) is 0. The number of hydrogen-bond acceptors (Lipinski definition) is 7. The van der Waals surface area contributed by atoms with Crippen molar-refractivity contribution < 1.29 is 24.0 Å². The number of rotatable bonds is 7. The average molecular weight is 389 g/mol. The van der Waals surface area contributed by atoms with E-state index in [2.05, 4.69) is 11.4 Å². The maximum Gasteiger partial charge on any atom is 0.339 e. The van der Waals surface area contributed by atoms with Crippen molar-refractivity contribution in [2.24, 2.45) is 0 Å². The Morgan fingerprint density at radius 1 is 1.36 bits per heavy atom. The Bertz CT molecular complexity index is 795. The van der Waals surface area contributed by atoms with Crippen LogP contribution in [0.4, 0.5) is 5.69 Å². The Hall–Kier alpha value is -3.15. The van der Waals surface area contributed by atoms with Gasteiger partial charge in [-0.2, -0.15) is 5.26 Å². The van der Waals surface area contributed by atoms with Gasteiger partial charge in [0, 0.05) is 6.07 Å². The zero-order valence-corrected chi connectivity index (χ0v) is 15.9. The van der Waals surface area contributed by atoms with Gasteiger partial charge in [0.05, 0.1) is 23.2 Å². The van der Waals surface area contributed by atoms with E-state index in [9.17, 15) is 25.0 Å². The average Bonchev–Trinajstić information content (AvgIpc) is 2.68. The third-order valence-electron chi connectivity index (χ3n) is 4.63. The number of nitrogens with one attached hydrogen (secondary N) is 1. The van der Waals surface area contributed by atoms with Crippen molar-refractivity contribution in [2.75, 3.05) is 6.61 Å². The quantitative estimate of drug-likeness (QED) is 0.431. The molecule has 0 aromatic heterocycles. The second-order valence-corrected chi connectivity index (χ2v) is 6.66. The molecule has 0 bridgehead atoms. The molecule has 9 heteroatoms. The molecule has 2 rings (SSSR count). The molecule has 0 heterocycles. The molecule has 1 aromatic carbocycles. The van der Waals surface area contributed by atoms with Gasteiger partial charge in [-0.1, -0.05) is 19.3 Å². The van der Waals surface area contributed by atoms with Gasteiger partial charge in [-0.15, -0.1) is 0 Å². The van der Waals surface area contributed by atoms with Crippen molar-refractivity contribution in [1.82, 2.24) is 5.32 Å². The molecular formula is C19H23N3O6. The third-order valence-corrected chi connectivity index (χ3v) is 4.63. The number of nitro groups is 1. The van der Waals surface area contributed by atoms with Gasteiger partial charge in [0.1, 0.15) is 5.54 Å². The van der Waals surface area contributed by atoms with E-state index in [1.54, 1.807) is 6.92 Å². The first kappa shape index (κ1) is 21.2. The second-order valence-electron chi connectivity index (χ2n) is 6.66. The highest BCUT2D eigenvalue weighted by Gasteiger charge is 2.35. The summed E-state index contributed by atoms with van der Waals surface area (Å²) in [5.74, 6) is -1.40. The van der Waals surface area contributed by atoms with Crippen LogP contribution in [0.25, 0.3) is 0 Å². The summed E-state index contributed by atoms with van der Waals surface area (Å²) in [6.45, 7) is 3.32. The summed E-state index contributed by atoms with van der Waals surface area (Å²) in [5, 5.41) is 23.3. The fourth-order valence-corrected chi connectivity index (χ4v) is 3.10. The van der Waals surface area contributed by atoms with E-state index in [1.807, 2.05) is 0 Å². The highest BCUT2D eigenvalue weighted by Crippen LogP contribution is 2.29. The van der Waals surface area contributed by atoms with Crippen LogP contribution < -0.4 is 10.1 Å². The van der Waals surface area contributed by atoms with E-state index in [-0.39, 0.29) is 23.6 Å². The summed E-state index contributed by atoms with van der Waals surface area (Å²) in [6.07, 6.45) is 2.67. The highest BCUT2D eigenvalue weighted by molar-refractivity contribution is 5.93. The normalized spacial score (nSPS) is 16.3. The van der Waals surface area contributed by atoms with Crippen LogP contribution in [0.5, 0.6) is 5.75 Å². The molecule has 9 nitrogen and oxygen atoms in total. The summed E-state index contributed by atoms with van der Waals surface area (Å²) < 4.78 is 10.3. The molecular weight excluding hydrogens is 366 g/mol. The smallest absolute Gasteiger partial charge is 0.339 e. The van der Waals surface area contributed by atoms with Crippen LogP contribution in [-0.2, 0) is 9.53 Å². The number of ether oxygens (including phenoxy) is 2. The molecule has 28 heavy (non-hydrogen) atoms. The molecule has 1 aliphatic carbocycles. The van der Waals surface area contributed by atoms with Gasteiger partial charge in [-0.25, -0.2) is 4.79 Å². The Morgan fingerprint density at radius 2 is 2.04 bits per heavy atom. The first-order valence-electron chi connectivity index (χ1n) is 9.17. The van der Waals surface area contributed by atoms with Crippen LogP contribution in [0.15, 0.2) is 18.2 Å². The summed E-state index contributed by atoms with van der Waals surface area (Å²) in [6, 6.07) is 5.87. The molecule has 1 aliphatic rings. The van der Waals surface area contributed by atoms with E-state index >= 15 is 0 Å². The number of nitriles is 1. The first-order valence-corrected chi connectivity index (χ1v) is 9.17. The van der Waals surface area contributed by atoms with Gasteiger partial charge in [-0.05, 0) is 38.8 Å². The molecule has 1 atom stereocenters. The van der Waals surface area contributed by atoms with Gasteiger partial charge in [0.25, 0.3) is 5.91 Å². The Morgan fingerprint density at radius 3 is 2.61 bits per heavy atom. The monoisotopic (exact) mass is 389 g/mol. The standard InChI is InChI=1S/C19H23N3O6/c1-3-27-16-8-7-14(11-15(16)22(25)26)18(24)28-13(2)17(23)21-19(12-20)9-5-4-6-10-19/h7-8,11,13H,3-6,9-10H2,1-2H3,(H,21,23)/t13-/m1/s1. The van der Waals surface area contributed by atoms with Crippen LogP contribution in [0.1, 0.15) is 56.3 Å². The Kier molecular flexibility index (Phi) is 6.93. The van der Waals surface area contributed by atoms with E-state index < -0.39 is 28.4 Å². The van der Waals surface area contributed by atoms with Gasteiger partial charge < -0.3 is 14.8 Å².